The third-order valence-corrected chi connectivity index (χ3v) is 7.00. The van der Waals surface area contributed by atoms with Crippen molar-refractivity contribution in [1.29, 1.82) is 0 Å². The average Bonchev–Trinajstić information content (AvgIpc) is 3.59. The van der Waals surface area contributed by atoms with Crippen molar-refractivity contribution < 1.29 is 9.84 Å². The van der Waals surface area contributed by atoms with Gasteiger partial charge < -0.3 is 20.5 Å². The fourth-order valence-corrected chi connectivity index (χ4v) is 5.13. The van der Waals surface area contributed by atoms with Gasteiger partial charge in [-0.3, -0.25) is 0 Å². The van der Waals surface area contributed by atoms with Crippen molar-refractivity contribution >= 4 is 22.7 Å². The van der Waals surface area contributed by atoms with Crippen molar-refractivity contribution in [3.63, 3.8) is 0 Å². The second-order valence-electron chi connectivity index (χ2n) is 7.81. The van der Waals surface area contributed by atoms with E-state index in [1.165, 1.54) is 17.8 Å². The number of rotatable bonds is 5. The van der Waals surface area contributed by atoms with Crippen LogP contribution in [0.3, 0.4) is 0 Å². The van der Waals surface area contributed by atoms with Gasteiger partial charge in [-0.05, 0) is 54.9 Å². The summed E-state index contributed by atoms with van der Waals surface area (Å²) in [6, 6.07) is 6.28. The Kier molecular flexibility index (Phi) is 4.14. The quantitative estimate of drug-likeness (QED) is 0.790. The van der Waals surface area contributed by atoms with E-state index < -0.39 is 0 Å². The molecule has 5 nitrogen and oxygen atoms in total. The molecule has 0 spiro atoms. The minimum Gasteiger partial charge on any atom is -0.399 e. The lowest BCUT2D eigenvalue weighted by molar-refractivity contribution is 0.122. The fourth-order valence-electron chi connectivity index (χ4n) is 4.04. The molecule has 3 N–H and O–H groups in total. The highest BCUT2D eigenvalue weighted by Crippen LogP contribution is 2.55. The number of benzene rings is 1. The molecule has 1 aliphatic heterocycles. The minimum atomic E-state index is -0.118. The van der Waals surface area contributed by atoms with Gasteiger partial charge in [0.25, 0.3) is 0 Å². The molecule has 0 bridgehead atoms. The summed E-state index contributed by atoms with van der Waals surface area (Å²) in [5.41, 5.74) is 9.26. The molecule has 1 aromatic heterocycles. The van der Waals surface area contributed by atoms with Gasteiger partial charge in [-0.2, -0.15) is 0 Å². The van der Waals surface area contributed by atoms with Crippen LogP contribution in [0.5, 0.6) is 0 Å². The van der Waals surface area contributed by atoms with E-state index in [2.05, 4.69) is 16.0 Å². The van der Waals surface area contributed by atoms with E-state index in [1.54, 1.807) is 11.3 Å². The van der Waals surface area contributed by atoms with Gasteiger partial charge in [0.1, 0.15) is 0 Å². The number of thiazole rings is 1. The Labute approximate surface area is 157 Å². The Balaban J connectivity index is 1.35. The maximum Gasteiger partial charge on any atom is 0.0966 e. The van der Waals surface area contributed by atoms with Gasteiger partial charge in [0.15, 0.2) is 0 Å². The number of hydrogen-bond donors (Lipinski definition) is 2. The summed E-state index contributed by atoms with van der Waals surface area (Å²) in [5.74, 6) is 1.42. The van der Waals surface area contributed by atoms with E-state index in [0.29, 0.717) is 17.8 Å². The minimum absolute atomic E-state index is 0.118. The van der Waals surface area contributed by atoms with Crippen molar-refractivity contribution in [2.75, 3.05) is 36.9 Å². The summed E-state index contributed by atoms with van der Waals surface area (Å²) in [5, 5.41) is 11.5. The van der Waals surface area contributed by atoms with E-state index in [9.17, 15) is 5.11 Å². The van der Waals surface area contributed by atoms with Gasteiger partial charge in [-0.1, -0.05) is 0 Å². The molecule has 3 unspecified atom stereocenters. The Bertz CT molecular complexity index is 798. The highest BCUT2D eigenvalue weighted by atomic mass is 32.1. The highest BCUT2D eigenvalue weighted by Gasteiger charge is 2.49. The zero-order valence-electron chi connectivity index (χ0n) is 14.8. The molecule has 3 aliphatic rings. The molecule has 138 valence electrons. The zero-order chi connectivity index (χ0) is 17.7. The van der Waals surface area contributed by atoms with Gasteiger partial charge in [0.2, 0.25) is 0 Å². The summed E-state index contributed by atoms with van der Waals surface area (Å²) in [4.78, 5) is 8.16. The smallest absolute Gasteiger partial charge is 0.0966 e. The van der Waals surface area contributed by atoms with Gasteiger partial charge in [0, 0.05) is 36.6 Å². The molecule has 2 heterocycles. The van der Waals surface area contributed by atoms with Crippen molar-refractivity contribution in [1.82, 2.24) is 4.98 Å². The molecule has 1 saturated heterocycles. The van der Waals surface area contributed by atoms with E-state index >= 15 is 0 Å². The zero-order valence-corrected chi connectivity index (χ0v) is 15.6. The Hall–Kier alpha value is -1.63. The summed E-state index contributed by atoms with van der Waals surface area (Å²) in [6.07, 6.45) is 5.33. The van der Waals surface area contributed by atoms with E-state index in [-0.39, 0.29) is 6.10 Å². The average molecular weight is 372 g/mol. The van der Waals surface area contributed by atoms with Gasteiger partial charge in [-0.15, -0.1) is 11.3 Å². The van der Waals surface area contributed by atoms with Crippen LogP contribution >= 0.6 is 11.3 Å². The molecule has 0 amide bonds. The highest BCUT2D eigenvalue weighted by molar-refractivity contribution is 7.15. The molecule has 2 aromatic rings. The number of ether oxygens (including phenoxy) is 1. The number of nitrogen functional groups attached to an aromatic ring is 1. The molecular formula is C20H25N3O2S. The summed E-state index contributed by atoms with van der Waals surface area (Å²) in [7, 11) is 0. The number of morpholine rings is 1. The number of aromatic nitrogens is 1. The Morgan fingerprint density at radius 2 is 2.04 bits per heavy atom. The van der Waals surface area contributed by atoms with Crippen LogP contribution in [0.15, 0.2) is 24.4 Å². The maximum absolute atomic E-state index is 10.3. The maximum atomic E-state index is 10.3. The van der Waals surface area contributed by atoms with Gasteiger partial charge >= 0.3 is 0 Å². The van der Waals surface area contributed by atoms with Crippen LogP contribution in [0, 0.1) is 11.8 Å². The SMILES string of the molecule is Nc1cc(-c2cnc(C3CC3C(O)C3CC3)s2)cc(N2CCOCC2)c1. The lowest BCUT2D eigenvalue weighted by Crippen LogP contribution is -2.36. The normalized spacial score (nSPS) is 26.7. The van der Waals surface area contributed by atoms with Crippen molar-refractivity contribution in [3.8, 4) is 10.4 Å². The van der Waals surface area contributed by atoms with Crippen LogP contribution in [0.25, 0.3) is 10.4 Å². The molecule has 1 aromatic carbocycles. The van der Waals surface area contributed by atoms with Crippen LogP contribution in [-0.2, 0) is 4.74 Å². The van der Waals surface area contributed by atoms with E-state index in [4.69, 9.17) is 10.5 Å². The van der Waals surface area contributed by atoms with Crippen LogP contribution in [-0.4, -0.2) is 42.5 Å². The first-order chi connectivity index (χ1) is 12.7. The number of nitrogens with two attached hydrogens (primary N) is 1. The number of hydrogen-bond acceptors (Lipinski definition) is 6. The molecule has 3 fully saturated rings. The second kappa shape index (κ2) is 6.51. The molecule has 26 heavy (non-hydrogen) atoms. The van der Waals surface area contributed by atoms with Crippen LogP contribution < -0.4 is 10.6 Å². The molecular weight excluding hydrogens is 346 g/mol. The molecule has 6 heteroatoms. The second-order valence-corrected chi connectivity index (χ2v) is 8.87. The third kappa shape index (κ3) is 3.21. The van der Waals surface area contributed by atoms with E-state index in [1.807, 2.05) is 18.3 Å². The molecule has 2 aliphatic carbocycles. The van der Waals surface area contributed by atoms with Gasteiger partial charge in [0.05, 0.1) is 29.2 Å². The predicted molar refractivity (Wildman–Crippen MR) is 105 cm³/mol. The first kappa shape index (κ1) is 16.5. The first-order valence-electron chi connectivity index (χ1n) is 9.56. The number of nitrogens with zero attached hydrogens (tertiary/aromatic N) is 2. The monoisotopic (exact) mass is 371 g/mol. The summed E-state index contributed by atoms with van der Waals surface area (Å²) < 4.78 is 5.45. The van der Waals surface area contributed by atoms with Gasteiger partial charge in [-0.25, -0.2) is 4.98 Å². The summed E-state index contributed by atoms with van der Waals surface area (Å²) >= 11 is 1.75. The topological polar surface area (TPSA) is 71.6 Å². The number of aliphatic hydroxyl groups excluding tert-OH is 1. The van der Waals surface area contributed by atoms with Crippen LogP contribution in [0.4, 0.5) is 11.4 Å². The predicted octanol–water partition coefficient (Wildman–Crippen LogP) is 3.10. The molecule has 2 saturated carbocycles. The first-order valence-corrected chi connectivity index (χ1v) is 10.4. The fraction of sp³-hybridized carbons (Fsp3) is 0.550. The third-order valence-electron chi connectivity index (χ3n) is 5.83. The van der Waals surface area contributed by atoms with Crippen molar-refractivity contribution in [3.05, 3.63) is 29.4 Å². The lowest BCUT2D eigenvalue weighted by Gasteiger charge is -2.29. The summed E-state index contributed by atoms with van der Waals surface area (Å²) in [6.45, 7) is 3.34. The van der Waals surface area contributed by atoms with Crippen LogP contribution in [0.2, 0.25) is 0 Å². The van der Waals surface area contributed by atoms with Crippen LogP contribution in [0.1, 0.15) is 30.2 Å². The van der Waals surface area contributed by atoms with E-state index in [0.717, 1.165) is 54.5 Å². The molecule has 0 radical (unpaired) electrons. The number of anilines is 2. The Morgan fingerprint density at radius 3 is 2.81 bits per heavy atom. The Morgan fingerprint density at radius 1 is 1.23 bits per heavy atom. The number of aliphatic hydroxyl groups is 1. The molecule has 5 rings (SSSR count). The largest absolute Gasteiger partial charge is 0.399 e. The lowest BCUT2D eigenvalue weighted by atomic mass is 10.1. The standard InChI is InChI=1S/C20H25N3O2S/c21-14-7-13(8-15(9-14)23-3-5-25-6-4-23)18-11-22-20(26-18)17-10-16(17)19(24)12-1-2-12/h7-9,11-12,16-17,19,24H,1-6,10,21H2. The van der Waals surface area contributed by atoms with Crippen molar-refractivity contribution in [2.45, 2.75) is 31.3 Å². The van der Waals surface area contributed by atoms with Crippen molar-refractivity contribution in [2.24, 2.45) is 11.8 Å². The molecule has 3 atom stereocenters.